The Balaban J connectivity index is 2.12. The molecular weight excluding hydrogens is 308 g/mol. The van der Waals surface area contributed by atoms with Crippen LogP contribution in [0.15, 0.2) is 41.8 Å². The Morgan fingerprint density at radius 3 is 2.43 bits per heavy atom. The summed E-state index contributed by atoms with van der Waals surface area (Å²) in [4.78, 5) is 27.2. The summed E-state index contributed by atoms with van der Waals surface area (Å²) in [6, 6.07) is 10.7. The minimum absolute atomic E-state index is 0.0147. The number of amides is 2. The van der Waals surface area contributed by atoms with Crippen LogP contribution in [0.4, 0.5) is 5.69 Å². The Kier molecular flexibility index (Phi) is 6.35. The van der Waals surface area contributed by atoms with Crippen LogP contribution in [0.25, 0.3) is 0 Å². The van der Waals surface area contributed by atoms with Gasteiger partial charge in [-0.3, -0.25) is 9.59 Å². The molecule has 0 atom stereocenters. The molecule has 0 spiro atoms. The highest BCUT2D eigenvalue weighted by Gasteiger charge is 2.15. The number of nitrogens with one attached hydrogen (secondary N) is 1. The van der Waals surface area contributed by atoms with Gasteiger partial charge in [-0.2, -0.15) is 0 Å². The van der Waals surface area contributed by atoms with E-state index in [-0.39, 0.29) is 11.8 Å². The van der Waals surface area contributed by atoms with Crippen LogP contribution in [0.2, 0.25) is 0 Å². The van der Waals surface area contributed by atoms with E-state index in [1.54, 1.807) is 30.3 Å². The number of carbonyl (C=O) groups is 2. The van der Waals surface area contributed by atoms with E-state index in [1.165, 1.54) is 11.3 Å². The van der Waals surface area contributed by atoms with E-state index in [0.29, 0.717) is 16.1 Å². The van der Waals surface area contributed by atoms with Crippen molar-refractivity contribution in [2.75, 3.05) is 18.4 Å². The van der Waals surface area contributed by atoms with Crippen molar-refractivity contribution in [2.24, 2.45) is 0 Å². The average Bonchev–Trinajstić information content (AvgIpc) is 3.09. The summed E-state index contributed by atoms with van der Waals surface area (Å²) in [5, 5.41) is 4.71. The van der Waals surface area contributed by atoms with Crippen molar-refractivity contribution in [3.05, 3.63) is 52.2 Å². The van der Waals surface area contributed by atoms with E-state index >= 15 is 0 Å². The summed E-state index contributed by atoms with van der Waals surface area (Å²) < 4.78 is 0. The number of benzene rings is 1. The Labute approximate surface area is 141 Å². The second-order valence-electron chi connectivity index (χ2n) is 5.30. The molecular formula is C18H22N2O2S. The predicted molar refractivity (Wildman–Crippen MR) is 95.2 cm³/mol. The highest BCUT2D eigenvalue weighted by molar-refractivity contribution is 7.12. The largest absolute Gasteiger partial charge is 0.339 e. The molecule has 5 heteroatoms. The van der Waals surface area contributed by atoms with Crippen LogP contribution in [-0.4, -0.2) is 29.8 Å². The van der Waals surface area contributed by atoms with Gasteiger partial charge in [-0.15, -0.1) is 11.3 Å². The first kappa shape index (κ1) is 17.2. The molecule has 0 fully saturated rings. The molecule has 0 saturated carbocycles. The number of hydrogen-bond donors (Lipinski definition) is 1. The molecule has 4 nitrogen and oxygen atoms in total. The van der Waals surface area contributed by atoms with Crippen LogP contribution < -0.4 is 5.32 Å². The average molecular weight is 330 g/mol. The standard InChI is InChI=1S/C18H22N2O2S/c1-3-10-20(11-4-2)18(22)14-7-5-8-15(13-14)19-17(21)16-9-6-12-23-16/h5-9,12-13H,3-4,10-11H2,1-2H3,(H,19,21). The lowest BCUT2D eigenvalue weighted by molar-refractivity contribution is 0.0755. The molecule has 122 valence electrons. The van der Waals surface area contributed by atoms with Gasteiger partial charge in [-0.25, -0.2) is 0 Å². The fourth-order valence-electron chi connectivity index (χ4n) is 2.37. The zero-order valence-corrected chi connectivity index (χ0v) is 14.4. The molecule has 23 heavy (non-hydrogen) atoms. The van der Waals surface area contributed by atoms with Gasteiger partial charge in [0.05, 0.1) is 4.88 Å². The van der Waals surface area contributed by atoms with Gasteiger partial charge in [0.15, 0.2) is 0 Å². The molecule has 2 rings (SSSR count). The van der Waals surface area contributed by atoms with E-state index in [4.69, 9.17) is 0 Å². The van der Waals surface area contributed by atoms with Gasteiger partial charge in [0.25, 0.3) is 11.8 Å². The normalized spacial score (nSPS) is 10.3. The Morgan fingerprint density at radius 1 is 1.09 bits per heavy atom. The third-order valence-electron chi connectivity index (χ3n) is 3.39. The first-order valence-electron chi connectivity index (χ1n) is 7.90. The summed E-state index contributed by atoms with van der Waals surface area (Å²) in [6.45, 7) is 5.62. The Bertz CT molecular complexity index is 647. The first-order chi connectivity index (χ1) is 11.2. The fourth-order valence-corrected chi connectivity index (χ4v) is 2.99. The number of anilines is 1. The van der Waals surface area contributed by atoms with Crippen molar-refractivity contribution in [2.45, 2.75) is 26.7 Å². The molecule has 0 bridgehead atoms. The van der Waals surface area contributed by atoms with Gasteiger partial charge in [0.1, 0.15) is 0 Å². The maximum absolute atomic E-state index is 12.6. The summed E-state index contributed by atoms with van der Waals surface area (Å²) in [7, 11) is 0. The van der Waals surface area contributed by atoms with Crippen molar-refractivity contribution in [3.8, 4) is 0 Å². The molecule has 1 heterocycles. The second kappa shape index (κ2) is 8.48. The van der Waals surface area contributed by atoms with Crippen molar-refractivity contribution in [1.29, 1.82) is 0 Å². The SMILES string of the molecule is CCCN(CCC)C(=O)c1cccc(NC(=O)c2cccs2)c1. The number of carbonyl (C=O) groups excluding carboxylic acids is 2. The van der Waals surface area contributed by atoms with Crippen molar-refractivity contribution >= 4 is 28.8 Å². The predicted octanol–water partition coefficient (Wildman–Crippen LogP) is 4.26. The minimum atomic E-state index is -0.149. The first-order valence-corrected chi connectivity index (χ1v) is 8.77. The minimum Gasteiger partial charge on any atom is -0.339 e. The molecule has 0 saturated heterocycles. The highest BCUT2D eigenvalue weighted by atomic mass is 32.1. The zero-order chi connectivity index (χ0) is 16.7. The lowest BCUT2D eigenvalue weighted by Crippen LogP contribution is -2.32. The summed E-state index contributed by atoms with van der Waals surface area (Å²) >= 11 is 1.39. The third kappa shape index (κ3) is 4.66. The second-order valence-corrected chi connectivity index (χ2v) is 6.25. The van der Waals surface area contributed by atoms with Gasteiger partial charge in [-0.1, -0.05) is 26.0 Å². The van der Waals surface area contributed by atoms with Gasteiger partial charge < -0.3 is 10.2 Å². The van der Waals surface area contributed by atoms with Crippen molar-refractivity contribution < 1.29 is 9.59 Å². The van der Waals surface area contributed by atoms with E-state index in [0.717, 1.165) is 25.9 Å². The summed E-state index contributed by atoms with van der Waals surface area (Å²) in [5.74, 6) is -0.135. The lowest BCUT2D eigenvalue weighted by Gasteiger charge is -2.21. The Hall–Kier alpha value is -2.14. The molecule has 1 aromatic carbocycles. The third-order valence-corrected chi connectivity index (χ3v) is 4.26. The maximum Gasteiger partial charge on any atom is 0.265 e. The Morgan fingerprint density at radius 2 is 1.83 bits per heavy atom. The van der Waals surface area contributed by atoms with Crippen LogP contribution in [-0.2, 0) is 0 Å². The van der Waals surface area contributed by atoms with E-state index in [2.05, 4.69) is 19.2 Å². The summed E-state index contributed by atoms with van der Waals surface area (Å²) in [6.07, 6.45) is 1.86. The van der Waals surface area contributed by atoms with E-state index in [1.807, 2.05) is 16.3 Å². The molecule has 0 unspecified atom stereocenters. The molecule has 2 aromatic rings. The molecule has 2 amide bonds. The molecule has 0 aliphatic heterocycles. The van der Waals surface area contributed by atoms with Crippen molar-refractivity contribution in [1.82, 2.24) is 4.90 Å². The fraction of sp³-hybridized carbons (Fsp3) is 0.333. The molecule has 0 aliphatic rings. The molecule has 0 aliphatic carbocycles. The van der Waals surface area contributed by atoms with Gasteiger partial charge in [0.2, 0.25) is 0 Å². The maximum atomic E-state index is 12.6. The van der Waals surface area contributed by atoms with Crippen LogP contribution in [0.5, 0.6) is 0 Å². The smallest absolute Gasteiger partial charge is 0.265 e. The summed E-state index contributed by atoms with van der Waals surface area (Å²) in [5.41, 5.74) is 1.25. The number of hydrogen-bond acceptors (Lipinski definition) is 3. The van der Waals surface area contributed by atoms with Crippen LogP contribution >= 0.6 is 11.3 Å². The number of rotatable bonds is 7. The van der Waals surface area contributed by atoms with E-state index in [9.17, 15) is 9.59 Å². The molecule has 1 aromatic heterocycles. The monoisotopic (exact) mass is 330 g/mol. The quantitative estimate of drug-likeness (QED) is 0.824. The molecule has 0 radical (unpaired) electrons. The van der Waals surface area contributed by atoms with Crippen LogP contribution in [0.3, 0.4) is 0 Å². The van der Waals surface area contributed by atoms with Crippen LogP contribution in [0.1, 0.15) is 46.7 Å². The van der Waals surface area contributed by atoms with Gasteiger partial charge >= 0.3 is 0 Å². The number of nitrogens with zero attached hydrogens (tertiary/aromatic N) is 1. The lowest BCUT2D eigenvalue weighted by atomic mass is 10.1. The zero-order valence-electron chi connectivity index (χ0n) is 13.5. The highest BCUT2D eigenvalue weighted by Crippen LogP contribution is 2.16. The molecule has 1 N–H and O–H groups in total. The van der Waals surface area contributed by atoms with Gasteiger partial charge in [0, 0.05) is 24.3 Å². The van der Waals surface area contributed by atoms with Crippen molar-refractivity contribution in [3.63, 3.8) is 0 Å². The number of thiophene rings is 1. The topological polar surface area (TPSA) is 49.4 Å². The van der Waals surface area contributed by atoms with E-state index < -0.39 is 0 Å². The van der Waals surface area contributed by atoms with Crippen LogP contribution in [0, 0.1) is 0 Å². The van der Waals surface area contributed by atoms with Gasteiger partial charge in [-0.05, 0) is 42.5 Å².